The molecule has 9 heteroatoms. The van der Waals surface area contributed by atoms with E-state index in [-0.39, 0.29) is 23.1 Å². The lowest BCUT2D eigenvalue weighted by molar-refractivity contribution is -0.116. The predicted molar refractivity (Wildman–Crippen MR) is 120 cm³/mol. The zero-order chi connectivity index (χ0) is 23.5. The van der Waals surface area contributed by atoms with Gasteiger partial charge in [-0.25, -0.2) is 13.8 Å². The molecule has 0 aliphatic carbocycles. The first-order chi connectivity index (χ1) is 15.8. The maximum atomic E-state index is 13.1. The number of hydrogen-bond donors (Lipinski definition) is 2. The molecule has 0 unspecified atom stereocenters. The van der Waals surface area contributed by atoms with Gasteiger partial charge in [0.1, 0.15) is 29.4 Å². The van der Waals surface area contributed by atoms with Crippen LogP contribution in [-0.2, 0) is 11.3 Å². The second kappa shape index (κ2) is 8.99. The molecule has 33 heavy (non-hydrogen) atoms. The number of rotatable bonds is 5. The van der Waals surface area contributed by atoms with E-state index in [0.717, 1.165) is 0 Å². The molecule has 0 saturated heterocycles. The Morgan fingerprint density at radius 1 is 0.879 bits per heavy atom. The normalized spacial score (nSPS) is 10.8. The molecule has 0 saturated carbocycles. The molecule has 4 rings (SSSR count). The number of hydrogen-bond acceptors (Lipinski definition) is 4. The van der Waals surface area contributed by atoms with Crippen molar-refractivity contribution in [2.75, 3.05) is 10.6 Å². The van der Waals surface area contributed by atoms with Crippen LogP contribution in [0, 0.1) is 18.6 Å². The number of carbonyl (C=O) groups is 2. The van der Waals surface area contributed by atoms with Gasteiger partial charge in [-0.1, -0.05) is 0 Å². The second-order valence-electron chi connectivity index (χ2n) is 7.34. The van der Waals surface area contributed by atoms with E-state index in [0.29, 0.717) is 17.1 Å². The van der Waals surface area contributed by atoms with E-state index < -0.39 is 28.9 Å². The van der Waals surface area contributed by atoms with E-state index in [1.165, 1.54) is 59.3 Å². The smallest absolute Gasteiger partial charge is 0.261 e. The lowest BCUT2D eigenvalue weighted by atomic mass is 10.1. The van der Waals surface area contributed by atoms with Crippen LogP contribution in [0.1, 0.15) is 16.1 Å². The van der Waals surface area contributed by atoms with Crippen LogP contribution < -0.4 is 16.1 Å². The number of halogens is 2. The number of carbonyl (C=O) groups excluding carboxylic acids is 2. The van der Waals surface area contributed by atoms with Gasteiger partial charge in [-0.15, -0.1) is 0 Å². The molecule has 2 N–H and O–H groups in total. The van der Waals surface area contributed by atoms with Gasteiger partial charge in [0, 0.05) is 23.3 Å². The van der Waals surface area contributed by atoms with Crippen LogP contribution in [-0.4, -0.2) is 21.4 Å². The van der Waals surface area contributed by atoms with Gasteiger partial charge in [-0.3, -0.25) is 14.4 Å². The second-order valence-corrected chi connectivity index (χ2v) is 7.34. The van der Waals surface area contributed by atoms with Gasteiger partial charge in [0.15, 0.2) is 0 Å². The first-order valence-corrected chi connectivity index (χ1v) is 9.93. The summed E-state index contributed by atoms with van der Waals surface area (Å²) < 4.78 is 27.7. The van der Waals surface area contributed by atoms with Gasteiger partial charge in [0.25, 0.3) is 5.91 Å². The summed E-state index contributed by atoms with van der Waals surface area (Å²) in [6, 6.07) is 13.5. The lowest BCUT2D eigenvalue weighted by Crippen LogP contribution is -2.27. The van der Waals surface area contributed by atoms with Crippen LogP contribution in [0.5, 0.6) is 0 Å². The molecule has 166 valence electrons. The van der Waals surface area contributed by atoms with Crippen molar-refractivity contribution in [2.24, 2.45) is 0 Å². The van der Waals surface area contributed by atoms with Gasteiger partial charge in [-0.05, 0) is 67.6 Å². The van der Waals surface area contributed by atoms with Gasteiger partial charge >= 0.3 is 0 Å². The molecule has 0 aliphatic heterocycles. The summed E-state index contributed by atoms with van der Waals surface area (Å²) in [7, 11) is 0. The van der Waals surface area contributed by atoms with Gasteiger partial charge in [-0.2, -0.15) is 0 Å². The Hall–Kier alpha value is -4.40. The van der Waals surface area contributed by atoms with E-state index in [2.05, 4.69) is 15.6 Å². The third kappa shape index (κ3) is 4.93. The van der Waals surface area contributed by atoms with Crippen molar-refractivity contribution in [1.82, 2.24) is 9.55 Å². The van der Waals surface area contributed by atoms with E-state index >= 15 is 0 Å². The highest BCUT2D eigenvalue weighted by atomic mass is 19.1. The van der Waals surface area contributed by atoms with Gasteiger partial charge < -0.3 is 15.2 Å². The molecule has 2 aromatic carbocycles. The topological polar surface area (TPSA) is 93.1 Å². The highest BCUT2D eigenvalue weighted by Gasteiger charge is 2.18. The molecule has 2 heterocycles. The van der Waals surface area contributed by atoms with E-state index in [9.17, 15) is 23.2 Å². The van der Waals surface area contributed by atoms with Crippen molar-refractivity contribution in [2.45, 2.75) is 13.5 Å². The van der Waals surface area contributed by atoms with Crippen LogP contribution in [0.3, 0.4) is 0 Å². The number of benzene rings is 2. The van der Waals surface area contributed by atoms with Crippen LogP contribution in [0.2, 0.25) is 0 Å². The minimum atomic E-state index is -0.707. The fourth-order valence-corrected chi connectivity index (χ4v) is 3.26. The summed E-state index contributed by atoms with van der Waals surface area (Å²) in [5, 5.41) is 5.36. The average Bonchev–Trinajstić information content (AvgIpc) is 2.78. The number of nitrogens with zero attached hydrogens (tertiary/aromatic N) is 2. The molecule has 0 spiro atoms. The first-order valence-electron chi connectivity index (χ1n) is 9.93. The molecule has 4 aromatic rings. The van der Waals surface area contributed by atoms with Crippen LogP contribution in [0.15, 0.2) is 71.7 Å². The third-order valence-corrected chi connectivity index (χ3v) is 4.85. The minimum Gasteiger partial charge on any atom is -0.325 e. The third-order valence-electron chi connectivity index (χ3n) is 4.85. The minimum absolute atomic E-state index is 0.168. The Bertz CT molecular complexity index is 1420. The summed E-state index contributed by atoms with van der Waals surface area (Å²) in [6.07, 6.45) is 1.26. The quantitative estimate of drug-likeness (QED) is 0.485. The molecule has 0 radical (unpaired) electrons. The Morgan fingerprint density at radius 2 is 1.45 bits per heavy atom. The summed E-state index contributed by atoms with van der Waals surface area (Å²) in [6.45, 7) is 1.49. The van der Waals surface area contributed by atoms with Crippen molar-refractivity contribution >= 4 is 34.2 Å². The lowest BCUT2D eigenvalue weighted by Gasteiger charge is -2.13. The summed E-state index contributed by atoms with van der Waals surface area (Å²) in [5.41, 5.74) is 0.818. The van der Waals surface area contributed by atoms with Crippen molar-refractivity contribution in [3.05, 3.63) is 100.0 Å². The van der Waals surface area contributed by atoms with Crippen LogP contribution >= 0.6 is 0 Å². The molecule has 2 amide bonds. The monoisotopic (exact) mass is 448 g/mol. The Labute approximate surface area is 186 Å². The van der Waals surface area contributed by atoms with Crippen LogP contribution in [0.25, 0.3) is 11.0 Å². The fraction of sp³-hybridized carbons (Fsp3) is 0.0833. The number of amides is 2. The number of anilines is 2. The molecule has 0 aliphatic rings. The van der Waals surface area contributed by atoms with Crippen molar-refractivity contribution in [3.8, 4) is 0 Å². The Kier molecular flexibility index (Phi) is 5.95. The molecule has 0 atom stereocenters. The SMILES string of the molecule is Cc1ccc2c(=O)c(C(=O)Nc3ccc(F)cc3)cn(CC(=O)Nc3ccc(F)cc3)c2n1. The molecule has 2 aromatic heterocycles. The summed E-state index contributed by atoms with van der Waals surface area (Å²) >= 11 is 0. The zero-order valence-corrected chi connectivity index (χ0v) is 17.4. The Morgan fingerprint density at radius 3 is 2.06 bits per heavy atom. The number of nitrogens with one attached hydrogen (secondary N) is 2. The summed E-state index contributed by atoms with van der Waals surface area (Å²) in [5.74, 6) is -2.06. The average molecular weight is 448 g/mol. The van der Waals surface area contributed by atoms with Crippen molar-refractivity contribution in [3.63, 3.8) is 0 Å². The fourth-order valence-electron chi connectivity index (χ4n) is 3.26. The maximum absolute atomic E-state index is 13.1. The largest absolute Gasteiger partial charge is 0.325 e. The van der Waals surface area contributed by atoms with E-state index in [1.807, 2.05) is 0 Å². The standard InChI is InChI=1S/C24H18F2N4O3/c1-14-2-11-19-22(32)20(24(33)29-18-9-5-16(26)6-10-18)12-30(23(19)27-14)13-21(31)28-17-7-3-15(25)4-8-17/h2-12H,13H2,1H3,(H,28,31)(H,29,33). The van der Waals surface area contributed by atoms with Gasteiger partial charge in [0.05, 0.1) is 5.39 Å². The zero-order valence-electron chi connectivity index (χ0n) is 17.4. The molecular weight excluding hydrogens is 430 g/mol. The molecular formula is C24H18F2N4O3. The maximum Gasteiger partial charge on any atom is 0.261 e. The number of aromatic nitrogens is 2. The number of fused-ring (bicyclic) bond motifs is 1. The molecule has 0 fully saturated rings. The van der Waals surface area contributed by atoms with Crippen molar-refractivity contribution in [1.29, 1.82) is 0 Å². The molecule has 0 bridgehead atoms. The van der Waals surface area contributed by atoms with Crippen molar-refractivity contribution < 1.29 is 18.4 Å². The number of aryl methyl sites for hydroxylation is 1. The highest BCUT2D eigenvalue weighted by Crippen LogP contribution is 2.15. The van der Waals surface area contributed by atoms with E-state index in [4.69, 9.17) is 0 Å². The van der Waals surface area contributed by atoms with Crippen LogP contribution in [0.4, 0.5) is 20.2 Å². The first kappa shape index (κ1) is 21.8. The highest BCUT2D eigenvalue weighted by molar-refractivity contribution is 6.05. The predicted octanol–water partition coefficient (Wildman–Crippen LogP) is 3.87. The number of pyridine rings is 2. The Balaban J connectivity index is 1.69. The molecule has 7 nitrogen and oxygen atoms in total. The summed E-state index contributed by atoms with van der Waals surface area (Å²) in [4.78, 5) is 42.8. The van der Waals surface area contributed by atoms with E-state index in [1.54, 1.807) is 19.1 Å². The van der Waals surface area contributed by atoms with Gasteiger partial charge in [0.2, 0.25) is 11.3 Å².